The summed E-state index contributed by atoms with van der Waals surface area (Å²) in [4.78, 5) is 15.1. The lowest BCUT2D eigenvalue weighted by Gasteiger charge is -2.32. The zero-order valence-electron chi connectivity index (χ0n) is 18.3. The normalized spacial score (nSPS) is 19.5. The topological polar surface area (TPSA) is 44.4 Å². The second-order valence-corrected chi connectivity index (χ2v) is 8.18. The maximum absolute atomic E-state index is 12.6. The van der Waals surface area contributed by atoms with Crippen LogP contribution in [0.1, 0.15) is 45.1 Å². The molecular formula is C26H35N3O. The van der Waals surface area contributed by atoms with E-state index in [2.05, 4.69) is 77.1 Å². The molecule has 1 fully saturated rings. The van der Waals surface area contributed by atoms with Gasteiger partial charge in [0.2, 0.25) is 0 Å². The van der Waals surface area contributed by atoms with E-state index >= 15 is 0 Å². The van der Waals surface area contributed by atoms with Crippen molar-refractivity contribution in [3.63, 3.8) is 0 Å². The highest BCUT2D eigenvalue weighted by molar-refractivity contribution is 5.75. The van der Waals surface area contributed by atoms with E-state index in [0.717, 1.165) is 45.3 Å². The van der Waals surface area contributed by atoms with Gasteiger partial charge in [-0.05, 0) is 56.2 Å². The van der Waals surface area contributed by atoms with Gasteiger partial charge in [-0.15, -0.1) is 0 Å². The highest BCUT2D eigenvalue weighted by atomic mass is 16.2. The minimum absolute atomic E-state index is 0.0304. The third-order valence-corrected chi connectivity index (χ3v) is 5.84. The standard InChI is InChI=1S/C26H35N3O/c1-3-4-15-25(23-13-9-6-10-14-23)21(2)27-26(30)28-24-16-18-29(19-17-24)20-22-11-7-5-8-12-22/h3-9,11-13,15,21,24H,10,14,16-20H2,1-2H3,(H2,27,28,30)/b4-3-,25-15+. The lowest BCUT2D eigenvalue weighted by atomic mass is 9.92. The fourth-order valence-corrected chi connectivity index (χ4v) is 4.15. The Labute approximate surface area is 181 Å². The summed E-state index contributed by atoms with van der Waals surface area (Å²) in [6.45, 7) is 7.09. The number of nitrogens with one attached hydrogen (secondary N) is 2. The van der Waals surface area contributed by atoms with Gasteiger partial charge in [0.05, 0.1) is 6.04 Å². The van der Waals surface area contributed by atoms with Crippen LogP contribution in [0.3, 0.4) is 0 Å². The first-order chi connectivity index (χ1) is 14.7. The number of urea groups is 1. The van der Waals surface area contributed by atoms with Crippen molar-refractivity contribution in [3.8, 4) is 0 Å². The zero-order chi connectivity index (χ0) is 21.2. The summed E-state index contributed by atoms with van der Waals surface area (Å²) < 4.78 is 0. The predicted molar refractivity (Wildman–Crippen MR) is 125 cm³/mol. The number of carbonyl (C=O) groups excluding carboxylic acids is 1. The van der Waals surface area contributed by atoms with Gasteiger partial charge in [0.25, 0.3) is 0 Å². The molecule has 1 atom stereocenters. The van der Waals surface area contributed by atoms with Crippen LogP contribution in [0.2, 0.25) is 0 Å². The average molecular weight is 406 g/mol. The molecule has 1 unspecified atom stereocenters. The molecule has 1 heterocycles. The maximum Gasteiger partial charge on any atom is 0.315 e. The van der Waals surface area contributed by atoms with Crippen LogP contribution in [-0.4, -0.2) is 36.1 Å². The molecule has 0 radical (unpaired) electrons. The van der Waals surface area contributed by atoms with Crippen molar-refractivity contribution >= 4 is 6.03 Å². The van der Waals surface area contributed by atoms with E-state index in [0.29, 0.717) is 0 Å². The summed E-state index contributed by atoms with van der Waals surface area (Å²) in [6, 6.07) is 10.7. The number of piperidine rings is 1. The number of allylic oxidation sites excluding steroid dienone is 6. The number of nitrogens with zero attached hydrogens (tertiary/aromatic N) is 1. The Morgan fingerprint density at radius 1 is 1.23 bits per heavy atom. The molecule has 3 rings (SSSR count). The van der Waals surface area contributed by atoms with Crippen molar-refractivity contribution in [2.75, 3.05) is 13.1 Å². The first kappa shape index (κ1) is 22.1. The molecule has 0 saturated carbocycles. The Kier molecular flexibility index (Phi) is 8.52. The van der Waals surface area contributed by atoms with Crippen LogP contribution in [0.4, 0.5) is 4.79 Å². The van der Waals surface area contributed by atoms with E-state index in [1.54, 1.807) is 0 Å². The summed E-state index contributed by atoms with van der Waals surface area (Å²) >= 11 is 0. The van der Waals surface area contributed by atoms with Crippen molar-refractivity contribution in [2.45, 2.75) is 58.2 Å². The molecule has 1 aromatic carbocycles. The smallest absolute Gasteiger partial charge is 0.315 e. The molecule has 4 heteroatoms. The summed E-state index contributed by atoms with van der Waals surface area (Å²) in [5, 5.41) is 6.35. The van der Waals surface area contributed by atoms with Crippen molar-refractivity contribution in [2.24, 2.45) is 0 Å². The Balaban J connectivity index is 1.47. The third kappa shape index (κ3) is 6.74. The Morgan fingerprint density at radius 2 is 2.00 bits per heavy atom. The molecule has 2 N–H and O–H groups in total. The lowest BCUT2D eigenvalue weighted by Crippen LogP contribution is -2.49. The van der Waals surface area contributed by atoms with Gasteiger partial charge in [-0.1, -0.05) is 66.8 Å². The third-order valence-electron chi connectivity index (χ3n) is 5.84. The number of rotatable bonds is 7. The van der Waals surface area contributed by atoms with Crippen molar-refractivity contribution in [1.82, 2.24) is 15.5 Å². The number of amides is 2. The van der Waals surface area contributed by atoms with Crippen LogP contribution in [0, 0.1) is 0 Å². The van der Waals surface area contributed by atoms with Crippen LogP contribution >= 0.6 is 0 Å². The van der Waals surface area contributed by atoms with Crippen LogP contribution in [0.5, 0.6) is 0 Å². The summed E-state index contributed by atoms with van der Waals surface area (Å²) in [5.41, 5.74) is 3.84. The molecule has 0 bridgehead atoms. The number of hydrogen-bond donors (Lipinski definition) is 2. The summed E-state index contributed by atoms with van der Waals surface area (Å²) in [6.07, 6.45) is 16.7. The Morgan fingerprint density at radius 3 is 2.67 bits per heavy atom. The van der Waals surface area contributed by atoms with Crippen molar-refractivity contribution in [1.29, 1.82) is 0 Å². The van der Waals surface area contributed by atoms with Crippen molar-refractivity contribution < 1.29 is 4.79 Å². The van der Waals surface area contributed by atoms with E-state index in [-0.39, 0.29) is 18.1 Å². The fourth-order valence-electron chi connectivity index (χ4n) is 4.15. The molecule has 1 aliphatic heterocycles. The molecule has 1 aromatic rings. The zero-order valence-corrected chi connectivity index (χ0v) is 18.3. The largest absolute Gasteiger partial charge is 0.335 e. The van der Waals surface area contributed by atoms with E-state index < -0.39 is 0 Å². The molecule has 160 valence electrons. The van der Waals surface area contributed by atoms with Gasteiger partial charge < -0.3 is 10.6 Å². The maximum atomic E-state index is 12.6. The van der Waals surface area contributed by atoms with Crippen LogP contribution in [0.15, 0.2) is 77.9 Å². The first-order valence-electron chi connectivity index (χ1n) is 11.2. The lowest BCUT2D eigenvalue weighted by molar-refractivity contribution is 0.186. The van der Waals surface area contributed by atoms with E-state index in [9.17, 15) is 4.79 Å². The minimum Gasteiger partial charge on any atom is -0.335 e. The highest BCUT2D eigenvalue weighted by Gasteiger charge is 2.22. The molecule has 2 amide bonds. The number of likely N-dealkylation sites (tertiary alicyclic amines) is 1. The van der Waals surface area contributed by atoms with Crippen LogP contribution in [0.25, 0.3) is 0 Å². The van der Waals surface area contributed by atoms with Crippen LogP contribution in [-0.2, 0) is 6.54 Å². The monoisotopic (exact) mass is 405 g/mol. The van der Waals surface area contributed by atoms with Gasteiger partial charge >= 0.3 is 6.03 Å². The quantitative estimate of drug-likeness (QED) is 0.619. The Hall–Kier alpha value is -2.59. The summed E-state index contributed by atoms with van der Waals surface area (Å²) in [7, 11) is 0. The summed E-state index contributed by atoms with van der Waals surface area (Å²) in [5.74, 6) is 0. The fraction of sp³-hybridized carbons (Fsp3) is 0.423. The van der Waals surface area contributed by atoms with E-state index in [1.165, 1.54) is 16.7 Å². The van der Waals surface area contributed by atoms with E-state index in [1.807, 2.05) is 19.1 Å². The number of hydrogen-bond acceptors (Lipinski definition) is 2. The van der Waals surface area contributed by atoms with Gasteiger partial charge in [-0.2, -0.15) is 0 Å². The molecule has 1 aliphatic carbocycles. The second kappa shape index (κ2) is 11.6. The molecule has 1 saturated heterocycles. The van der Waals surface area contributed by atoms with Crippen LogP contribution < -0.4 is 10.6 Å². The molecule has 0 spiro atoms. The molecule has 4 nitrogen and oxygen atoms in total. The molecule has 30 heavy (non-hydrogen) atoms. The number of benzene rings is 1. The van der Waals surface area contributed by atoms with Gasteiger partial charge in [0.1, 0.15) is 0 Å². The molecule has 0 aromatic heterocycles. The molecule has 2 aliphatic rings. The van der Waals surface area contributed by atoms with Crippen molar-refractivity contribution in [3.05, 3.63) is 83.5 Å². The minimum atomic E-state index is -0.0673. The average Bonchev–Trinajstić information content (AvgIpc) is 2.77. The van der Waals surface area contributed by atoms with Gasteiger partial charge in [-0.3, -0.25) is 4.90 Å². The van der Waals surface area contributed by atoms with E-state index in [4.69, 9.17) is 0 Å². The second-order valence-electron chi connectivity index (χ2n) is 8.18. The first-order valence-corrected chi connectivity index (χ1v) is 11.2. The Bertz CT molecular complexity index is 799. The van der Waals surface area contributed by atoms with Gasteiger partial charge in [0.15, 0.2) is 0 Å². The van der Waals surface area contributed by atoms with Gasteiger partial charge in [0, 0.05) is 25.7 Å². The predicted octanol–water partition coefficient (Wildman–Crippen LogP) is 5.12. The SMILES string of the molecule is C/C=C\C=C(\C1=CC=CCC1)C(C)NC(=O)NC1CCN(Cc2ccccc2)CC1. The molecular weight excluding hydrogens is 370 g/mol. The van der Waals surface area contributed by atoms with Gasteiger partial charge in [-0.25, -0.2) is 4.79 Å². The number of carbonyl (C=O) groups is 1. The highest BCUT2D eigenvalue weighted by Crippen LogP contribution is 2.23.